The average Bonchev–Trinajstić information content (AvgIpc) is 3.00. The quantitative estimate of drug-likeness (QED) is 0.755. The molecule has 3 rings (SSSR count). The molecule has 0 saturated carbocycles. The molecule has 0 aliphatic carbocycles. The Hall–Kier alpha value is -2.47. The summed E-state index contributed by atoms with van der Waals surface area (Å²) in [5.74, 6) is -0.782. The van der Waals surface area contributed by atoms with E-state index < -0.39 is 11.9 Å². The fourth-order valence-electron chi connectivity index (χ4n) is 2.20. The molecular formula is C17H14BrN3O2. The Kier molecular flexibility index (Phi) is 4.25. The summed E-state index contributed by atoms with van der Waals surface area (Å²) in [5.41, 5.74) is 1.62. The number of hydrogen-bond acceptors (Lipinski definition) is 3. The first-order valence-corrected chi connectivity index (χ1v) is 7.86. The molecule has 0 radical (unpaired) electrons. The first kappa shape index (κ1) is 15.4. The van der Waals surface area contributed by atoms with Crippen molar-refractivity contribution in [2.45, 2.75) is 12.8 Å². The summed E-state index contributed by atoms with van der Waals surface area (Å²) in [6.45, 7) is 1.61. The van der Waals surface area contributed by atoms with Gasteiger partial charge in [-0.1, -0.05) is 46.3 Å². The van der Waals surface area contributed by atoms with Crippen LogP contribution in [-0.4, -0.2) is 25.8 Å². The van der Waals surface area contributed by atoms with Crippen LogP contribution in [0.5, 0.6) is 0 Å². The lowest BCUT2D eigenvalue weighted by Crippen LogP contribution is -2.14. The van der Waals surface area contributed by atoms with Crippen molar-refractivity contribution in [2.24, 2.45) is 0 Å². The molecule has 0 saturated heterocycles. The minimum Gasteiger partial charge on any atom is -0.481 e. The van der Waals surface area contributed by atoms with Crippen LogP contribution < -0.4 is 0 Å². The van der Waals surface area contributed by atoms with E-state index in [2.05, 4.69) is 26.0 Å². The fourth-order valence-corrected chi connectivity index (χ4v) is 2.46. The smallest absolute Gasteiger partial charge is 0.313 e. The fraction of sp³-hybridized carbons (Fsp3) is 0.118. The van der Waals surface area contributed by atoms with Crippen LogP contribution in [0.1, 0.15) is 18.7 Å². The molecule has 0 amide bonds. The molecule has 0 spiro atoms. The maximum Gasteiger partial charge on any atom is 0.313 e. The third-order valence-corrected chi connectivity index (χ3v) is 4.02. The topological polar surface area (TPSA) is 68.0 Å². The molecule has 0 bridgehead atoms. The third-order valence-electron chi connectivity index (χ3n) is 3.49. The van der Waals surface area contributed by atoms with Gasteiger partial charge in [0.25, 0.3) is 0 Å². The van der Waals surface area contributed by atoms with Crippen LogP contribution in [0.4, 0.5) is 0 Å². The Morgan fingerprint density at radius 3 is 2.39 bits per heavy atom. The van der Waals surface area contributed by atoms with Crippen molar-refractivity contribution in [3.8, 4) is 17.1 Å². The van der Waals surface area contributed by atoms with Gasteiger partial charge in [0.1, 0.15) is 11.7 Å². The summed E-state index contributed by atoms with van der Waals surface area (Å²) in [6, 6.07) is 17.0. The second-order valence-electron chi connectivity index (χ2n) is 5.11. The van der Waals surface area contributed by atoms with E-state index in [1.165, 1.54) is 0 Å². The van der Waals surface area contributed by atoms with E-state index in [0.29, 0.717) is 11.6 Å². The van der Waals surface area contributed by atoms with E-state index in [9.17, 15) is 9.90 Å². The third kappa shape index (κ3) is 3.17. The molecule has 1 unspecified atom stereocenters. The number of carboxylic acid groups (broad SMARTS) is 1. The molecule has 2 aromatic carbocycles. The summed E-state index contributed by atoms with van der Waals surface area (Å²) >= 11 is 3.39. The van der Waals surface area contributed by atoms with Crippen LogP contribution in [0.25, 0.3) is 17.1 Å². The number of carbonyl (C=O) groups is 1. The monoisotopic (exact) mass is 371 g/mol. The van der Waals surface area contributed by atoms with Gasteiger partial charge < -0.3 is 5.11 Å². The molecule has 1 aromatic heterocycles. The van der Waals surface area contributed by atoms with E-state index in [1.807, 2.05) is 54.6 Å². The normalized spacial score (nSPS) is 12.1. The van der Waals surface area contributed by atoms with Crippen molar-refractivity contribution in [3.63, 3.8) is 0 Å². The summed E-state index contributed by atoms with van der Waals surface area (Å²) in [5, 5.41) is 13.8. The van der Waals surface area contributed by atoms with Gasteiger partial charge in [0.2, 0.25) is 0 Å². The predicted octanol–water partition coefficient (Wildman–Crippen LogP) is 3.88. The number of aliphatic carboxylic acids is 1. The Labute approximate surface area is 141 Å². The predicted molar refractivity (Wildman–Crippen MR) is 90.5 cm³/mol. The number of aromatic nitrogens is 3. The SMILES string of the molecule is CC(C(=O)O)c1nc(-c2ccc(Br)cc2)nn1-c1ccccc1. The summed E-state index contributed by atoms with van der Waals surface area (Å²) in [6.07, 6.45) is 0. The van der Waals surface area contributed by atoms with Gasteiger partial charge >= 0.3 is 5.97 Å². The zero-order chi connectivity index (χ0) is 16.4. The van der Waals surface area contributed by atoms with Crippen molar-refractivity contribution in [1.29, 1.82) is 0 Å². The highest BCUT2D eigenvalue weighted by Gasteiger charge is 2.23. The minimum absolute atomic E-state index is 0.404. The van der Waals surface area contributed by atoms with Crippen molar-refractivity contribution < 1.29 is 9.90 Å². The Balaban J connectivity index is 2.13. The Bertz CT molecular complexity index is 829. The molecule has 5 nitrogen and oxygen atoms in total. The van der Waals surface area contributed by atoms with Gasteiger partial charge in [0.05, 0.1) is 5.69 Å². The van der Waals surface area contributed by atoms with Crippen LogP contribution in [0.15, 0.2) is 59.1 Å². The van der Waals surface area contributed by atoms with Crippen LogP contribution in [-0.2, 0) is 4.79 Å². The highest BCUT2D eigenvalue weighted by atomic mass is 79.9. The second kappa shape index (κ2) is 6.34. The lowest BCUT2D eigenvalue weighted by Gasteiger charge is -2.08. The van der Waals surface area contributed by atoms with E-state index in [4.69, 9.17) is 0 Å². The minimum atomic E-state index is -0.933. The highest BCUT2D eigenvalue weighted by Crippen LogP contribution is 2.24. The van der Waals surface area contributed by atoms with Crippen molar-refractivity contribution in [1.82, 2.24) is 14.8 Å². The molecule has 0 fully saturated rings. The molecule has 3 aromatic rings. The molecular weight excluding hydrogens is 358 g/mol. The summed E-state index contributed by atoms with van der Waals surface area (Å²) < 4.78 is 2.55. The number of hydrogen-bond donors (Lipinski definition) is 1. The van der Waals surface area contributed by atoms with Gasteiger partial charge in [-0.2, -0.15) is 0 Å². The first-order chi connectivity index (χ1) is 11.1. The number of rotatable bonds is 4. The number of carboxylic acids is 1. The highest BCUT2D eigenvalue weighted by molar-refractivity contribution is 9.10. The zero-order valence-corrected chi connectivity index (χ0v) is 13.9. The van der Waals surface area contributed by atoms with E-state index >= 15 is 0 Å². The zero-order valence-electron chi connectivity index (χ0n) is 12.3. The summed E-state index contributed by atoms with van der Waals surface area (Å²) in [7, 11) is 0. The summed E-state index contributed by atoms with van der Waals surface area (Å²) in [4.78, 5) is 15.8. The molecule has 1 heterocycles. The maximum atomic E-state index is 11.4. The number of para-hydroxylation sites is 1. The van der Waals surface area contributed by atoms with Crippen LogP contribution in [0.3, 0.4) is 0 Å². The lowest BCUT2D eigenvalue weighted by molar-refractivity contribution is -0.138. The standard InChI is InChI=1S/C17H14BrN3O2/c1-11(17(22)23)16-19-15(12-7-9-13(18)10-8-12)20-21(16)14-5-3-2-4-6-14/h2-11H,1H3,(H,22,23). The molecule has 1 N–H and O–H groups in total. The van der Waals surface area contributed by atoms with Gasteiger partial charge in [-0.3, -0.25) is 4.79 Å². The Morgan fingerprint density at radius 2 is 1.78 bits per heavy atom. The van der Waals surface area contributed by atoms with Crippen molar-refractivity contribution in [3.05, 3.63) is 64.9 Å². The van der Waals surface area contributed by atoms with Gasteiger partial charge in [-0.25, -0.2) is 9.67 Å². The molecule has 1 atom stereocenters. The van der Waals surface area contributed by atoms with E-state index in [0.717, 1.165) is 15.7 Å². The lowest BCUT2D eigenvalue weighted by atomic mass is 10.1. The molecule has 6 heteroatoms. The van der Waals surface area contributed by atoms with Crippen molar-refractivity contribution in [2.75, 3.05) is 0 Å². The van der Waals surface area contributed by atoms with Crippen LogP contribution >= 0.6 is 15.9 Å². The molecule has 23 heavy (non-hydrogen) atoms. The van der Waals surface area contributed by atoms with E-state index in [-0.39, 0.29) is 0 Å². The molecule has 0 aliphatic rings. The Morgan fingerprint density at radius 1 is 1.13 bits per heavy atom. The number of halogens is 1. The first-order valence-electron chi connectivity index (χ1n) is 7.07. The maximum absolute atomic E-state index is 11.4. The average molecular weight is 372 g/mol. The second-order valence-corrected chi connectivity index (χ2v) is 6.02. The van der Waals surface area contributed by atoms with Crippen LogP contribution in [0.2, 0.25) is 0 Å². The molecule has 0 aliphatic heterocycles. The van der Waals surface area contributed by atoms with Gasteiger partial charge in [-0.05, 0) is 31.2 Å². The molecule has 116 valence electrons. The number of nitrogens with zero attached hydrogens (tertiary/aromatic N) is 3. The largest absolute Gasteiger partial charge is 0.481 e. The number of benzene rings is 2. The van der Waals surface area contributed by atoms with Gasteiger partial charge in [0, 0.05) is 10.0 Å². The van der Waals surface area contributed by atoms with Crippen LogP contribution in [0, 0.1) is 0 Å². The van der Waals surface area contributed by atoms with Gasteiger partial charge in [0.15, 0.2) is 5.82 Å². The van der Waals surface area contributed by atoms with Gasteiger partial charge in [-0.15, -0.1) is 5.10 Å². The van der Waals surface area contributed by atoms with Crippen molar-refractivity contribution >= 4 is 21.9 Å². The van der Waals surface area contributed by atoms with E-state index in [1.54, 1.807) is 11.6 Å².